The second kappa shape index (κ2) is 11.3. The highest BCUT2D eigenvalue weighted by Crippen LogP contribution is 2.08. The van der Waals surface area contributed by atoms with Crippen LogP contribution >= 0.6 is 11.8 Å². The number of thioether (sulfide) groups is 1. The van der Waals surface area contributed by atoms with Crippen molar-refractivity contribution in [3.63, 3.8) is 0 Å². The smallest absolute Gasteiger partial charge is 0.0885 e. The van der Waals surface area contributed by atoms with Crippen molar-refractivity contribution < 1.29 is 10.2 Å². The summed E-state index contributed by atoms with van der Waals surface area (Å²) in [6.45, 7) is 0.334. The third-order valence-electron chi connectivity index (χ3n) is 1.79. The van der Waals surface area contributed by atoms with Crippen LogP contribution in [0.2, 0.25) is 0 Å². The van der Waals surface area contributed by atoms with Gasteiger partial charge in [-0.05, 0) is 18.6 Å². The number of aliphatic hydroxyl groups is 2. The van der Waals surface area contributed by atoms with Gasteiger partial charge in [0.1, 0.15) is 0 Å². The monoisotopic (exact) mass is 192 g/mol. The summed E-state index contributed by atoms with van der Waals surface area (Å²) in [6, 6.07) is 0. The Hall–Kier alpha value is 0.270. The Morgan fingerprint density at radius 2 is 1.33 bits per heavy atom. The summed E-state index contributed by atoms with van der Waals surface area (Å²) in [5, 5.41) is 17.0. The van der Waals surface area contributed by atoms with Gasteiger partial charge in [-0.2, -0.15) is 0 Å². The van der Waals surface area contributed by atoms with Crippen LogP contribution < -0.4 is 0 Å². The molecule has 0 aliphatic carbocycles. The molecule has 0 aromatic heterocycles. The maximum absolute atomic E-state index is 8.51. The quantitative estimate of drug-likeness (QED) is 0.433. The molecule has 0 atom stereocenters. The summed E-state index contributed by atoms with van der Waals surface area (Å²) < 4.78 is 0. The Balaban J connectivity index is 2.73. The molecule has 0 saturated heterocycles. The fourth-order valence-electron chi connectivity index (χ4n) is 1.09. The maximum Gasteiger partial charge on any atom is 0.0885 e. The lowest BCUT2D eigenvalue weighted by molar-refractivity contribution is 0.282. The van der Waals surface area contributed by atoms with Gasteiger partial charge in [-0.1, -0.05) is 25.7 Å². The van der Waals surface area contributed by atoms with E-state index < -0.39 is 0 Å². The molecular weight excluding hydrogens is 172 g/mol. The molecule has 0 amide bonds. The molecule has 0 bridgehead atoms. The SMILES string of the molecule is OCCCCCCCCSCO. The van der Waals surface area contributed by atoms with Crippen molar-refractivity contribution in [3.05, 3.63) is 0 Å². The molecule has 0 unspecified atom stereocenters. The zero-order chi connectivity index (χ0) is 9.07. The first-order chi connectivity index (χ1) is 5.91. The van der Waals surface area contributed by atoms with Crippen molar-refractivity contribution in [3.8, 4) is 0 Å². The molecule has 0 fully saturated rings. The van der Waals surface area contributed by atoms with Crippen molar-refractivity contribution in [2.75, 3.05) is 18.3 Å². The molecule has 0 aromatic carbocycles. The van der Waals surface area contributed by atoms with Crippen LogP contribution in [0.5, 0.6) is 0 Å². The van der Waals surface area contributed by atoms with E-state index >= 15 is 0 Å². The predicted molar refractivity (Wildman–Crippen MR) is 54.3 cm³/mol. The van der Waals surface area contributed by atoms with Crippen molar-refractivity contribution in [1.29, 1.82) is 0 Å². The number of hydrogen-bond acceptors (Lipinski definition) is 3. The average Bonchev–Trinajstić information content (AvgIpc) is 2.10. The zero-order valence-corrected chi connectivity index (χ0v) is 8.48. The predicted octanol–water partition coefficient (Wildman–Crippen LogP) is 2.00. The minimum Gasteiger partial charge on any atom is -0.396 e. The van der Waals surface area contributed by atoms with E-state index in [4.69, 9.17) is 10.2 Å². The van der Waals surface area contributed by atoms with Gasteiger partial charge >= 0.3 is 0 Å². The van der Waals surface area contributed by atoms with Crippen LogP contribution in [0.4, 0.5) is 0 Å². The second-order valence-electron chi connectivity index (χ2n) is 2.88. The Morgan fingerprint density at radius 3 is 1.92 bits per heavy atom. The fourth-order valence-corrected chi connectivity index (χ4v) is 1.62. The van der Waals surface area contributed by atoms with Crippen LogP contribution in [0.25, 0.3) is 0 Å². The molecule has 74 valence electrons. The summed E-state index contributed by atoms with van der Waals surface area (Å²) in [6.07, 6.45) is 7.09. The van der Waals surface area contributed by atoms with Crippen LogP contribution in [0.3, 0.4) is 0 Å². The Labute approximate surface area is 79.4 Å². The molecule has 0 aromatic rings. The van der Waals surface area contributed by atoms with E-state index in [0.29, 0.717) is 6.61 Å². The molecule has 0 aliphatic rings. The minimum absolute atomic E-state index is 0.254. The molecule has 0 spiro atoms. The fraction of sp³-hybridized carbons (Fsp3) is 1.00. The van der Waals surface area contributed by atoms with Crippen LogP contribution in [0.15, 0.2) is 0 Å². The van der Waals surface area contributed by atoms with E-state index in [9.17, 15) is 0 Å². The van der Waals surface area contributed by atoms with Crippen LogP contribution in [-0.2, 0) is 0 Å². The minimum atomic E-state index is 0.254. The molecule has 0 radical (unpaired) electrons. The van der Waals surface area contributed by atoms with E-state index in [1.165, 1.54) is 25.7 Å². The number of aliphatic hydroxyl groups excluding tert-OH is 2. The topological polar surface area (TPSA) is 40.5 Å². The van der Waals surface area contributed by atoms with Gasteiger partial charge in [0.2, 0.25) is 0 Å². The third kappa shape index (κ3) is 10.3. The third-order valence-corrected chi connectivity index (χ3v) is 2.55. The Bertz CT molecular complexity index is 68.9. The Kier molecular flexibility index (Phi) is 11.5. The molecule has 12 heavy (non-hydrogen) atoms. The van der Waals surface area contributed by atoms with Crippen molar-refractivity contribution in [2.24, 2.45) is 0 Å². The van der Waals surface area contributed by atoms with Gasteiger partial charge in [0, 0.05) is 6.61 Å². The van der Waals surface area contributed by atoms with E-state index in [-0.39, 0.29) is 5.94 Å². The maximum atomic E-state index is 8.51. The van der Waals surface area contributed by atoms with E-state index in [0.717, 1.165) is 18.6 Å². The summed E-state index contributed by atoms with van der Waals surface area (Å²) >= 11 is 1.59. The summed E-state index contributed by atoms with van der Waals surface area (Å²) in [4.78, 5) is 0. The largest absolute Gasteiger partial charge is 0.396 e. The summed E-state index contributed by atoms with van der Waals surface area (Å²) in [7, 11) is 0. The lowest BCUT2D eigenvalue weighted by atomic mass is 10.1. The lowest BCUT2D eigenvalue weighted by Gasteiger charge is -1.99. The molecule has 0 heterocycles. The number of rotatable bonds is 9. The van der Waals surface area contributed by atoms with Crippen LogP contribution in [0.1, 0.15) is 38.5 Å². The highest BCUT2D eigenvalue weighted by Gasteiger charge is 1.90. The normalized spacial score (nSPS) is 10.5. The molecule has 0 rings (SSSR count). The van der Waals surface area contributed by atoms with Crippen molar-refractivity contribution in [2.45, 2.75) is 38.5 Å². The first-order valence-corrected chi connectivity index (χ1v) is 5.86. The lowest BCUT2D eigenvalue weighted by Crippen LogP contribution is -1.85. The van der Waals surface area contributed by atoms with Gasteiger partial charge in [-0.15, -0.1) is 11.8 Å². The van der Waals surface area contributed by atoms with Crippen molar-refractivity contribution >= 4 is 11.8 Å². The van der Waals surface area contributed by atoms with Crippen LogP contribution in [0, 0.1) is 0 Å². The van der Waals surface area contributed by atoms with Gasteiger partial charge in [0.05, 0.1) is 5.94 Å². The molecule has 2 nitrogen and oxygen atoms in total. The van der Waals surface area contributed by atoms with E-state index in [1.54, 1.807) is 11.8 Å². The number of hydrogen-bond donors (Lipinski definition) is 2. The van der Waals surface area contributed by atoms with Gasteiger partial charge in [0.25, 0.3) is 0 Å². The molecule has 0 saturated carbocycles. The molecule has 2 N–H and O–H groups in total. The molecular formula is C9H20O2S. The van der Waals surface area contributed by atoms with Crippen molar-refractivity contribution in [1.82, 2.24) is 0 Å². The van der Waals surface area contributed by atoms with Gasteiger partial charge in [-0.25, -0.2) is 0 Å². The number of unbranched alkanes of at least 4 members (excludes halogenated alkanes) is 5. The standard InChI is InChI=1S/C9H20O2S/c10-7-5-3-1-2-4-6-8-12-9-11/h10-11H,1-9H2. The highest BCUT2D eigenvalue weighted by atomic mass is 32.2. The summed E-state index contributed by atoms with van der Waals surface area (Å²) in [5.74, 6) is 1.33. The Morgan fingerprint density at radius 1 is 0.750 bits per heavy atom. The van der Waals surface area contributed by atoms with Gasteiger partial charge in [0.15, 0.2) is 0 Å². The average molecular weight is 192 g/mol. The molecule has 3 heteroatoms. The first-order valence-electron chi connectivity index (χ1n) is 4.71. The van der Waals surface area contributed by atoms with Gasteiger partial charge < -0.3 is 10.2 Å². The molecule has 0 aliphatic heterocycles. The van der Waals surface area contributed by atoms with Gasteiger partial charge in [-0.3, -0.25) is 0 Å². The first kappa shape index (κ1) is 12.3. The van der Waals surface area contributed by atoms with E-state index in [1.807, 2.05) is 0 Å². The second-order valence-corrected chi connectivity index (χ2v) is 3.96. The van der Waals surface area contributed by atoms with E-state index in [2.05, 4.69) is 0 Å². The summed E-state index contributed by atoms with van der Waals surface area (Å²) in [5.41, 5.74) is 0. The zero-order valence-electron chi connectivity index (χ0n) is 7.67. The van der Waals surface area contributed by atoms with Crippen LogP contribution in [-0.4, -0.2) is 28.5 Å². The highest BCUT2D eigenvalue weighted by molar-refractivity contribution is 7.99.